The van der Waals surface area contributed by atoms with Gasteiger partial charge in [0.2, 0.25) is 0 Å². The van der Waals surface area contributed by atoms with Gasteiger partial charge >= 0.3 is 0 Å². The Balaban J connectivity index is 1.49. The summed E-state index contributed by atoms with van der Waals surface area (Å²) in [6.45, 7) is 2.63. The second-order valence-corrected chi connectivity index (χ2v) is 8.16. The molecule has 1 heterocycles. The first kappa shape index (κ1) is 23.3. The van der Waals surface area contributed by atoms with Crippen molar-refractivity contribution in [1.29, 1.82) is 0 Å². The fourth-order valence-electron chi connectivity index (χ4n) is 3.83. The molecule has 6 nitrogen and oxygen atoms in total. The second-order valence-electron chi connectivity index (χ2n) is 7.78. The van der Waals surface area contributed by atoms with Crippen LogP contribution in [-0.4, -0.2) is 35.7 Å². The fourth-order valence-corrected chi connectivity index (χ4v) is 4.06. The molecule has 3 amide bonds. The molecule has 0 fully saturated rings. The van der Waals surface area contributed by atoms with Crippen LogP contribution in [0.1, 0.15) is 22.8 Å². The molecule has 7 heteroatoms. The molecule has 3 aromatic rings. The molecule has 3 aromatic carbocycles. The number of halogens is 1. The molecule has 4 rings (SSSR count). The van der Waals surface area contributed by atoms with Crippen LogP contribution in [0, 0.1) is 0 Å². The van der Waals surface area contributed by atoms with E-state index < -0.39 is 11.8 Å². The van der Waals surface area contributed by atoms with E-state index in [-0.39, 0.29) is 23.2 Å². The summed E-state index contributed by atoms with van der Waals surface area (Å²) in [6.07, 6.45) is 0.534. The average molecular weight is 474 g/mol. The zero-order chi connectivity index (χ0) is 24.1. The number of benzene rings is 3. The average Bonchev–Trinajstić information content (AvgIpc) is 3.07. The fraction of sp³-hybridized carbons (Fsp3) is 0.148. The predicted molar refractivity (Wildman–Crippen MR) is 134 cm³/mol. The molecular formula is C27H24ClN3O3. The lowest BCUT2D eigenvalue weighted by Crippen LogP contribution is -2.34. The van der Waals surface area contributed by atoms with Crippen molar-refractivity contribution in [1.82, 2.24) is 4.90 Å². The number of carbonyl (C=O) groups is 3. The number of rotatable bonds is 8. The molecule has 0 aromatic heterocycles. The van der Waals surface area contributed by atoms with Crippen molar-refractivity contribution in [3.63, 3.8) is 0 Å². The Bertz CT molecular complexity index is 1240. The summed E-state index contributed by atoms with van der Waals surface area (Å²) in [7, 11) is 0. The Morgan fingerprint density at radius 2 is 1.59 bits per heavy atom. The first-order chi connectivity index (χ1) is 16.5. The van der Waals surface area contributed by atoms with Gasteiger partial charge in [-0.15, -0.1) is 0 Å². The van der Waals surface area contributed by atoms with E-state index in [0.29, 0.717) is 24.2 Å². The van der Waals surface area contributed by atoms with Gasteiger partial charge in [0.25, 0.3) is 17.7 Å². The Morgan fingerprint density at radius 3 is 2.26 bits per heavy atom. The third kappa shape index (κ3) is 4.87. The summed E-state index contributed by atoms with van der Waals surface area (Å²) >= 11 is 6.24. The second kappa shape index (κ2) is 10.4. The van der Waals surface area contributed by atoms with E-state index in [2.05, 4.69) is 5.32 Å². The van der Waals surface area contributed by atoms with Crippen LogP contribution in [0.3, 0.4) is 0 Å². The summed E-state index contributed by atoms with van der Waals surface area (Å²) in [5.41, 5.74) is 2.77. The normalized spacial score (nSPS) is 13.4. The number of hydrogen-bond acceptors (Lipinski definition) is 4. The summed E-state index contributed by atoms with van der Waals surface area (Å²) in [5, 5.41) is 2.80. The molecule has 0 unspecified atom stereocenters. The molecule has 1 N–H and O–H groups in total. The minimum absolute atomic E-state index is 0.0136. The molecule has 1 aliphatic heterocycles. The zero-order valence-corrected chi connectivity index (χ0v) is 19.5. The van der Waals surface area contributed by atoms with Gasteiger partial charge in [0.15, 0.2) is 0 Å². The highest BCUT2D eigenvalue weighted by Gasteiger charge is 2.37. The summed E-state index contributed by atoms with van der Waals surface area (Å²) in [6, 6.07) is 25.8. The maximum atomic E-state index is 13.1. The zero-order valence-electron chi connectivity index (χ0n) is 18.7. The van der Waals surface area contributed by atoms with Crippen molar-refractivity contribution < 1.29 is 14.4 Å². The van der Waals surface area contributed by atoms with Crippen LogP contribution in [0.15, 0.2) is 95.7 Å². The van der Waals surface area contributed by atoms with Gasteiger partial charge in [-0.1, -0.05) is 66.2 Å². The Morgan fingerprint density at radius 1 is 0.912 bits per heavy atom. The molecular weight excluding hydrogens is 450 g/mol. The number of imide groups is 1. The van der Waals surface area contributed by atoms with Crippen LogP contribution in [-0.2, 0) is 16.0 Å². The van der Waals surface area contributed by atoms with E-state index in [1.54, 1.807) is 29.2 Å². The largest absolute Gasteiger partial charge is 0.350 e. The van der Waals surface area contributed by atoms with Gasteiger partial charge in [0.05, 0.1) is 0 Å². The molecule has 0 saturated heterocycles. The number of carbonyl (C=O) groups excluding carboxylic acids is 3. The third-order valence-corrected chi connectivity index (χ3v) is 5.94. The minimum Gasteiger partial charge on any atom is -0.350 e. The maximum absolute atomic E-state index is 13.1. The SMILES string of the molecule is CCN(C(=O)c1cccc(NC2=C(Cl)C(=O)N(CCc3ccccc3)C2=O)c1)c1ccccc1. The van der Waals surface area contributed by atoms with Gasteiger partial charge < -0.3 is 10.2 Å². The minimum atomic E-state index is -0.529. The van der Waals surface area contributed by atoms with E-state index in [1.165, 1.54) is 0 Å². The molecule has 1 aliphatic rings. The highest BCUT2D eigenvalue weighted by Crippen LogP contribution is 2.27. The van der Waals surface area contributed by atoms with Gasteiger partial charge in [0.1, 0.15) is 10.7 Å². The smallest absolute Gasteiger partial charge is 0.278 e. The van der Waals surface area contributed by atoms with Crippen molar-refractivity contribution >= 4 is 40.7 Å². The van der Waals surface area contributed by atoms with Crippen LogP contribution in [0.2, 0.25) is 0 Å². The number of nitrogens with one attached hydrogen (secondary N) is 1. The quantitative estimate of drug-likeness (QED) is 0.476. The number of amides is 3. The number of hydrogen-bond donors (Lipinski definition) is 1. The van der Waals surface area contributed by atoms with Gasteiger partial charge in [-0.05, 0) is 49.2 Å². The van der Waals surface area contributed by atoms with Gasteiger partial charge in [-0.2, -0.15) is 0 Å². The van der Waals surface area contributed by atoms with Crippen molar-refractivity contribution in [2.75, 3.05) is 23.3 Å². The first-order valence-electron chi connectivity index (χ1n) is 11.0. The predicted octanol–water partition coefficient (Wildman–Crippen LogP) is 4.83. The highest BCUT2D eigenvalue weighted by molar-refractivity contribution is 6.48. The van der Waals surface area contributed by atoms with Gasteiger partial charge in [0, 0.05) is 30.0 Å². The Labute approximate surface area is 203 Å². The van der Waals surface area contributed by atoms with Crippen LogP contribution in [0.5, 0.6) is 0 Å². The molecule has 0 radical (unpaired) electrons. The maximum Gasteiger partial charge on any atom is 0.278 e. The van der Waals surface area contributed by atoms with Crippen molar-refractivity contribution in [2.24, 2.45) is 0 Å². The van der Waals surface area contributed by atoms with Gasteiger partial charge in [-0.3, -0.25) is 19.3 Å². The molecule has 0 atom stereocenters. The standard InChI is InChI=1S/C27H24ClN3O3/c1-2-30(22-14-7-4-8-15-22)25(32)20-12-9-13-21(18-20)29-24-23(28)26(33)31(27(24)34)17-16-19-10-5-3-6-11-19/h3-15,18,29H,2,16-17H2,1H3. The monoisotopic (exact) mass is 473 g/mol. The van der Waals surface area contributed by atoms with E-state index >= 15 is 0 Å². The number of anilines is 2. The van der Waals surface area contributed by atoms with Crippen molar-refractivity contribution in [3.8, 4) is 0 Å². The van der Waals surface area contributed by atoms with Crippen LogP contribution in [0.25, 0.3) is 0 Å². The lowest BCUT2D eigenvalue weighted by atomic mass is 10.1. The third-order valence-electron chi connectivity index (χ3n) is 5.59. The van der Waals surface area contributed by atoms with E-state index in [9.17, 15) is 14.4 Å². The lowest BCUT2D eigenvalue weighted by Gasteiger charge is -2.21. The van der Waals surface area contributed by atoms with E-state index in [0.717, 1.165) is 16.2 Å². The Kier molecular flexibility index (Phi) is 7.09. The van der Waals surface area contributed by atoms with Crippen molar-refractivity contribution in [2.45, 2.75) is 13.3 Å². The van der Waals surface area contributed by atoms with Crippen LogP contribution in [0.4, 0.5) is 11.4 Å². The molecule has 0 bridgehead atoms. The highest BCUT2D eigenvalue weighted by atomic mass is 35.5. The van der Waals surface area contributed by atoms with E-state index in [4.69, 9.17) is 11.6 Å². The summed E-state index contributed by atoms with van der Waals surface area (Å²) < 4.78 is 0. The van der Waals surface area contributed by atoms with Crippen LogP contribution >= 0.6 is 11.6 Å². The summed E-state index contributed by atoms with van der Waals surface area (Å²) in [5.74, 6) is -1.18. The lowest BCUT2D eigenvalue weighted by molar-refractivity contribution is -0.137. The van der Waals surface area contributed by atoms with Crippen LogP contribution < -0.4 is 10.2 Å². The topological polar surface area (TPSA) is 69.7 Å². The molecule has 34 heavy (non-hydrogen) atoms. The molecule has 0 saturated carbocycles. The molecule has 0 spiro atoms. The molecule has 0 aliphatic carbocycles. The first-order valence-corrected chi connectivity index (χ1v) is 11.4. The van der Waals surface area contributed by atoms with E-state index in [1.807, 2.05) is 67.6 Å². The van der Waals surface area contributed by atoms with Gasteiger partial charge in [-0.25, -0.2) is 0 Å². The number of nitrogens with zero attached hydrogens (tertiary/aromatic N) is 2. The molecule has 172 valence electrons. The summed E-state index contributed by atoms with van der Waals surface area (Å²) in [4.78, 5) is 41.5. The van der Waals surface area contributed by atoms with Crippen molar-refractivity contribution in [3.05, 3.63) is 107 Å². The Hall–Kier alpha value is -3.90. The number of para-hydroxylation sites is 1.